The molecule has 0 radical (unpaired) electrons. The molecule has 2 aromatic carbocycles. The van der Waals surface area contributed by atoms with Gasteiger partial charge >= 0.3 is 11.8 Å². The quantitative estimate of drug-likeness (QED) is 0.643. The molecule has 0 bridgehead atoms. The number of nitrogens with zero attached hydrogens (tertiary/aromatic N) is 1. The lowest BCUT2D eigenvalue weighted by molar-refractivity contribution is -0.136. The van der Waals surface area contributed by atoms with E-state index in [-0.39, 0.29) is 11.4 Å². The molecule has 1 fully saturated rings. The van der Waals surface area contributed by atoms with Gasteiger partial charge in [-0.1, -0.05) is 38.1 Å². The number of rotatable bonds is 7. The third-order valence-electron chi connectivity index (χ3n) is 5.37. The smallest absolute Gasteiger partial charge is 0.313 e. The number of anilines is 1. The van der Waals surface area contributed by atoms with Crippen molar-refractivity contribution in [1.82, 2.24) is 9.62 Å². The van der Waals surface area contributed by atoms with Gasteiger partial charge in [0.1, 0.15) is 0 Å². The average Bonchev–Trinajstić information content (AvgIpc) is 3.30. The van der Waals surface area contributed by atoms with E-state index >= 15 is 0 Å². The molecule has 0 saturated carbocycles. The first-order chi connectivity index (χ1) is 14.8. The number of benzene rings is 2. The highest BCUT2D eigenvalue weighted by molar-refractivity contribution is 7.89. The van der Waals surface area contributed by atoms with Gasteiger partial charge in [0.05, 0.1) is 4.90 Å². The molecule has 0 atom stereocenters. The summed E-state index contributed by atoms with van der Waals surface area (Å²) in [6.07, 6.45) is 2.29. The lowest BCUT2D eigenvalue weighted by Crippen LogP contribution is -2.36. The molecule has 1 saturated heterocycles. The fourth-order valence-electron chi connectivity index (χ4n) is 3.45. The number of carbonyl (C=O) groups excluding carboxylic acids is 2. The normalized spacial score (nSPS) is 14.5. The number of carbonyl (C=O) groups is 2. The molecule has 8 heteroatoms. The molecule has 2 amide bonds. The third-order valence-corrected chi connectivity index (χ3v) is 7.28. The SMILES string of the molecule is CC(C)c1ccc(NC(=O)C(=O)NCCc2ccc(S(=O)(=O)N3CCCC3)cc2)cc1. The Kier molecular flexibility index (Phi) is 7.46. The van der Waals surface area contributed by atoms with Crippen molar-refractivity contribution < 1.29 is 18.0 Å². The second kappa shape index (κ2) is 10.1. The van der Waals surface area contributed by atoms with Crippen molar-refractivity contribution in [2.45, 2.75) is 43.9 Å². The molecular formula is C23H29N3O4S. The van der Waals surface area contributed by atoms with Gasteiger partial charge in [-0.3, -0.25) is 9.59 Å². The van der Waals surface area contributed by atoms with Crippen LogP contribution in [0.5, 0.6) is 0 Å². The van der Waals surface area contributed by atoms with E-state index in [1.165, 1.54) is 4.31 Å². The molecule has 31 heavy (non-hydrogen) atoms. The van der Waals surface area contributed by atoms with Crippen molar-refractivity contribution in [1.29, 1.82) is 0 Å². The zero-order valence-corrected chi connectivity index (χ0v) is 18.7. The number of hydrogen-bond donors (Lipinski definition) is 2. The van der Waals surface area contributed by atoms with Gasteiger partial charge in [0, 0.05) is 25.3 Å². The standard InChI is InChI=1S/C23H29N3O4S/c1-17(2)19-7-9-20(10-8-19)25-23(28)22(27)24-14-13-18-5-11-21(12-6-18)31(29,30)26-15-3-4-16-26/h5-12,17H,3-4,13-16H2,1-2H3,(H,24,27)(H,25,28). The molecule has 0 unspecified atom stereocenters. The van der Waals surface area contributed by atoms with Crippen LogP contribution < -0.4 is 10.6 Å². The van der Waals surface area contributed by atoms with Gasteiger partial charge in [-0.05, 0) is 60.6 Å². The Bertz CT molecular complexity index is 1010. The molecule has 2 N–H and O–H groups in total. The molecular weight excluding hydrogens is 414 g/mol. The molecule has 3 rings (SSSR count). The maximum atomic E-state index is 12.6. The van der Waals surface area contributed by atoms with Gasteiger partial charge in [-0.2, -0.15) is 4.31 Å². The molecule has 0 aliphatic carbocycles. The second-order valence-electron chi connectivity index (χ2n) is 7.99. The lowest BCUT2D eigenvalue weighted by atomic mass is 10.0. The predicted molar refractivity (Wildman–Crippen MR) is 120 cm³/mol. The van der Waals surface area contributed by atoms with Gasteiger partial charge < -0.3 is 10.6 Å². The molecule has 1 aliphatic rings. The summed E-state index contributed by atoms with van der Waals surface area (Å²) in [5, 5.41) is 5.18. The monoisotopic (exact) mass is 443 g/mol. The fraction of sp³-hybridized carbons (Fsp3) is 0.391. The Morgan fingerprint density at radius 1 is 0.935 bits per heavy atom. The van der Waals surface area contributed by atoms with Crippen molar-refractivity contribution in [3.63, 3.8) is 0 Å². The third kappa shape index (κ3) is 5.92. The fourth-order valence-corrected chi connectivity index (χ4v) is 4.96. The number of sulfonamides is 1. The summed E-state index contributed by atoms with van der Waals surface area (Å²) in [5.41, 5.74) is 2.60. The van der Waals surface area contributed by atoms with E-state index in [1.807, 2.05) is 12.1 Å². The van der Waals surface area contributed by atoms with Gasteiger partial charge in [-0.25, -0.2) is 8.42 Å². The van der Waals surface area contributed by atoms with Crippen LogP contribution in [0.15, 0.2) is 53.4 Å². The van der Waals surface area contributed by atoms with E-state index in [0.717, 1.165) is 24.0 Å². The van der Waals surface area contributed by atoms with E-state index in [9.17, 15) is 18.0 Å². The highest BCUT2D eigenvalue weighted by atomic mass is 32.2. The van der Waals surface area contributed by atoms with Crippen LogP contribution in [0.25, 0.3) is 0 Å². The summed E-state index contributed by atoms with van der Waals surface area (Å²) in [7, 11) is -3.43. The zero-order valence-electron chi connectivity index (χ0n) is 17.9. The maximum absolute atomic E-state index is 12.6. The molecule has 1 heterocycles. The Morgan fingerprint density at radius 3 is 2.13 bits per heavy atom. The van der Waals surface area contributed by atoms with Crippen LogP contribution in [0.1, 0.15) is 43.7 Å². The van der Waals surface area contributed by atoms with Crippen molar-refractivity contribution in [3.8, 4) is 0 Å². The molecule has 0 aromatic heterocycles. The van der Waals surface area contributed by atoms with E-state index < -0.39 is 21.8 Å². The minimum Gasteiger partial charge on any atom is -0.347 e. The first-order valence-electron chi connectivity index (χ1n) is 10.6. The first-order valence-corrected chi connectivity index (χ1v) is 12.0. The van der Waals surface area contributed by atoms with Gasteiger partial charge in [0.15, 0.2) is 0 Å². The van der Waals surface area contributed by atoms with Crippen molar-refractivity contribution in [3.05, 3.63) is 59.7 Å². The summed E-state index contributed by atoms with van der Waals surface area (Å²) in [5.74, 6) is -1.03. The average molecular weight is 444 g/mol. The van der Waals surface area contributed by atoms with Gasteiger partial charge in [0.25, 0.3) is 0 Å². The predicted octanol–water partition coefficient (Wildman–Crippen LogP) is 2.89. The molecule has 7 nitrogen and oxygen atoms in total. The largest absolute Gasteiger partial charge is 0.347 e. The van der Waals surface area contributed by atoms with Gasteiger partial charge in [0.2, 0.25) is 10.0 Å². The van der Waals surface area contributed by atoms with E-state index in [1.54, 1.807) is 36.4 Å². The minimum atomic E-state index is -3.43. The van der Waals surface area contributed by atoms with Crippen molar-refractivity contribution in [2.75, 3.05) is 25.0 Å². The Hall–Kier alpha value is -2.71. The van der Waals surface area contributed by atoms with Crippen LogP contribution in [0, 0.1) is 0 Å². The van der Waals surface area contributed by atoms with E-state index in [4.69, 9.17) is 0 Å². The second-order valence-corrected chi connectivity index (χ2v) is 9.93. The molecule has 0 spiro atoms. The highest BCUT2D eigenvalue weighted by Crippen LogP contribution is 2.21. The number of amides is 2. The zero-order chi connectivity index (χ0) is 22.4. The van der Waals surface area contributed by atoms with Crippen LogP contribution in [0.3, 0.4) is 0 Å². The van der Waals surface area contributed by atoms with Crippen LogP contribution in [0.2, 0.25) is 0 Å². The number of hydrogen-bond acceptors (Lipinski definition) is 4. The van der Waals surface area contributed by atoms with Crippen LogP contribution in [0.4, 0.5) is 5.69 Å². The molecule has 2 aromatic rings. The minimum absolute atomic E-state index is 0.275. The number of nitrogens with one attached hydrogen (secondary N) is 2. The van der Waals surface area contributed by atoms with Crippen LogP contribution >= 0.6 is 0 Å². The summed E-state index contributed by atoms with van der Waals surface area (Å²) in [6.45, 7) is 5.58. The summed E-state index contributed by atoms with van der Waals surface area (Å²) >= 11 is 0. The summed E-state index contributed by atoms with van der Waals surface area (Å²) in [6, 6.07) is 14.1. The first kappa shape index (κ1) is 23.0. The van der Waals surface area contributed by atoms with Crippen molar-refractivity contribution >= 4 is 27.5 Å². The summed E-state index contributed by atoms with van der Waals surface area (Å²) < 4.78 is 26.6. The maximum Gasteiger partial charge on any atom is 0.313 e. The van der Waals surface area contributed by atoms with Gasteiger partial charge in [-0.15, -0.1) is 0 Å². The molecule has 166 valence electrons. The van der Waals surface area contributed by atoms with Crippen LogP contribution in [-0.4, -0.2) is 44.2 Å². The Balaban J connectivity index is 1.47. The highest BCUT2D eigenvalue weighted by Gasteiger charge is 2.26. The van der Waals surface area contributed by atoms with Crippen LogP contribution in [-0.2, 0) is 26.0 Å². The Labute approximate surface area is 183 Å². The van der Waals surface area contributed by atoms with E-state index in [2.05, 4.69) is 24.5 Å². The lowest BCUT2D eigenvalue weighted by Gasteiger charge is -2.15. The summed E-state index contributed by atoms with van der Waals surface area (Å²) in [4.78, 5) is 24.4. The topological polar surface area (TPSA) is 95.6 Å². The van der Waals surface area contributed by atoms with Crippen molar-refractivity contribution in [2.24, 2.45) is 0 Å². The van der Waals surface area contributed by atoms with E-state index in [0.29, 0.717) is 31.1 Å². The Morgan fingerprint density at radius 2 is 1.55 bits per heavy atom. The molecule has 1 aliphatic heterocycles.